The minimum Gasteiger partial charge on any atom is -0.477 e. The van der Waals surface area contributed by atoms with E-state index < -0.39 is 5.97 Å². The van der Waals surface area contributed by atoms with Crippen LogP contribution >= 0.6 is 11.3 Å². The van der Waals surface area contributed by atoms with Gasteiger partial charge in [0.05, 0.1) is 6.20 Å². The molecule has 5 heteroatoms. The van der Waals surface area contributed by atoms with Gasteiger partial charge in [0, 0.05) is 11.6 Å². The Morgan fingerprint density at radius 2 is 2.14 bits per heavy atom. The van der Waals surface area contributed by atoms with Crippen molar-refractivity contribution in [1.82, 2.24) is 9.88 Å². The summed E-state index contributed by atoms with van der Waals surface area (Å²) in [6, 6.07) is 8.68. The smallest absolute Gasteiger partial charge is 0.347 e. The van der Waals surface area contributed by atoms with Gasteiger partial charge in [-0.2, -0.15) is 0 Å². The molecule has 0 unspecified atom stereocenters. The second-order valence-electron chi connectivity index (χ2n) is 5.38. The first-order chi connectivity index (χ1) is 10.1. The lowest BCUT2D eigenvalue weighted by Gasteiger charge is -2.24. The lowest BCUT2D eigenvalue weighted by molar-refractivity contribution is 0.0702. The molecule has 1 N–H and O–H groups in total. The van der Waals surface area contributed by atoms with Gasteiger partial charge < -0.3 is 5.11 Å². The quantitative estimate of drug-likeness (QED) is 0.936. The van der Waals surface area contributed by atoms with Crippen LogP contribution in [0.1, 0.15) is 41.0 Å². The molecule has 2 heterocycles. The number of carboxylic acid groups (broad SMARTS) is 1. The SMILES string of the molecule is C[C@H](c1cccc(-c2ncc(C(=O)O)s2)c1)N1CCCC1. The number of carboxylic acids is 1. The average molecular weight is 302 g/mol. The third kappa shape index (κ3) is 2.99. The molecule has 0 spiro atoms. The molecule has 0 saturated carbocycles. The van der Waals surface area contributed by atoms with Crippen LogP contribution in [0.25, 0.3) is 10.6 Å². The first kappa shape index (κ1) is 14.2. The number of benzene rings is 1. The van der Waals surface area contributed by atoms with Crippen LogP contribution in [-0.2, 0) is 0 Å². The maximum Gasteiger partial charge on any atom is 0.347 e. The summed E-state index contributed by atoms with van der Waals surface area (Å²) in [5.74, 6) is -0.916. The van der Waals surface area contributed by atoms with Crippen molar-refractivity contribution in [1.29, 1.82) is 0 Å². The fourth-order valence-corrected chi connectivity index (χ4v) is 3.53. The van der Waals surface area contributed by atoms with Crippen LogP contribution in [0.2, 0.25) is 0 Å². The highest BCUT2D eigenvalue weighted by atomic mass is 32.1. The van der Waals surface area contributed by atoms with Gasteiger partial charge >= 0.3 is 5.97 Å². The van der Waals surface area contributed by atoms with Crippen molar-refractivity contribution >= 4 is 17.3 Å². The second kappa shape index (κ2) is 5.95. The van der Waals surface area contributed by atoms with Gasteiger partial charge in [-0.1, -0.05) is 18.2 Å². The van der Waals surface area contributed by atoms with E-state index in [1.54, 1.807) is 0 Å². The number of nitrogens with zero attached hydrogens (tertiary/aromatic N) is 2. The molecule has 1 atom stereocenters. The molecule has 110 valence electrons. The number of aromatic nitrogens is 1. The summed E-state index contributed by atoms with van der Waals surface area (Å²) in [7, 11) is 0. The molecule has 0 bridgehead atoms. The van der Waals surface area contributed by atoms with E-state index >= 15 is 0 Å². The zero-order valence-electron chi connectivity index (χ0n) is 12.0. The Morgan fingerprint density at radius 1 is 1.38 bits per heavy atom. The van der Waals surface area contributed by atoms with E-state index in [2.05, 4.69) is 28.9 Å². The average Bonchev–Trinajstić information content (AvgIpc) is 3.18. The fourth-order valence-electron chi connectivity index (χ4n) is 2.78. The molecule has 1 aromatic carbocycles. The van der Waals surface area contributed by atoms with Crippen molar-refractivity contribution in [2.75, 3.05) is 13.1 Å². The van der Waals surface area contributed by atoms with E-state index in [1.165, 1.54) is 35.9 Å². The van der Waals surface area contributed by atoms with Crippen LogP contribution in [0.4, 0.5) is 0 Å². The lowest BCUT2D eigenvalue weighted by atomic mass is 10.0. The van der Waals surface area contributed by atoms with Crippen LogP contribution in [0.5, 0.6) is 0 Å². The third-order valence-corrected chi connectivity index (χ3v) is 5.06. The molecule has 1 aliphatic rings. The minimum absolute atomic E-state index is 0.281. The molecule has 21 heavy (non-hydrogen) atoms. The van der Waals surface area contributed by atoms with E-state index in [0.29, 0.717) is 6.04 Å². The van der Waals surface area contributed by atoms with Crippen molar-refractivity contribution < 1.29 is 9.90 Å². The summed E-state index contributed by atoms with van der Waals surface area (Å²) in [6.45, 7) is 4.55. The molecule has 2 aromatic rings. The maximum atomic E-state index is 11.0. The molecule has 1 saturated heterocycles. The first-order valence-corrected chi connectivity index (χ1v) is 8.00. The Hall–Kier alpha value is -1.72. The third-order valence-electron chi connectivity index (χ3n) is 4.02. The van der Waals surface area contributed by atoms with E-state index in [4.69, 9.17) is 5.11 Å². The number of rotatable bonds is 4. The largest absolute Gasteiger partial charge is 0.477 e. The number of hydrogen-bond acceptors (Lipinski definition) is 4. The highest BCUT2D eigenvalue weighted by Crippen LogP contribution is 2.30. The molecule has 0 aliphatic carbocycles. The van der Waals surface area contributed by atoms with Crippen molar-refractivity contribution in [3.63, 3.8) is 0 Å². The standard InChI is InChI=1S/C16H18N2O2S/c1-11(18-7-2-3-8-18)12-5-4-6-13(9-12)15-17-10-14(21-15)16(19)20/h4-6,9-11H,2-3,7-8H2,1H3,(H,19,20)/t11-/m1/s1. The summed E-state index contributed by atoms with van der Waals surface area (Å²) in [6.07, 6.45) is 3.98. The molecular weight excluding hydrogens is 284 g/mol. The molecular formula is C16H18N2O2S. The van der Waals surface area contributed by atoms with Gasteiger partial charge in [0.25, 0.3) is 0 Å². The van der Waals surface area contributed by atoms with Gasteiger partial charge in [-0.25, -0.2) is 9.78 Å². The Kier molecular flexibility index (Phi) is 4.03. The molecule has 0 amide bonds. The predicted octanol–water partition coefficient (Wildman–Crippen LogP) is 3.67. The molecule has 1 aromatic heterocycles. The Labute approximate surface area is 128 Å². The summed E-state index contributed by atoms with van der Waals surface area (Å²) in [5, 5.41) is 9.76. The summed E-state index contributed by atoms with van der Waals surface area (Å²) in [4.78, 5) is 18.0. The van der Waals surface area contributed by atoms with Crippen molar-refractivity contribution in [2.45, 2.75) is 25.8 Å². The Morgan fingerprint density at radius 3 is 2.81 bits per heavy atom. The fraction of sp³-hybridized carbons (Fsp3) is 0.375. The summed E-state index contributed by atoms with van der Waals surface area (Å²) in [5.41, 5.74) is 2.26. The van der Waals surface area contributed by atoms with Gasteiger partial charge in [-0.15, -0.1) is 11.3 Å². The number of hydrogen-bond donors (Lipinski definition) is 1. The van der Waals surface area contributed by atoms with E-state index in [1.807, 2.05) is 12.1 Å². The number of aromatic carboxylic acids is 1. The van der Waals surface area contributed by atoms with Gasteiger partial charge in [0.15, 0.2) is 0 Å². The number of thiazole rings is 1. The highest BCUT2D eigenvalue weighted by molar-refractivity contribution is 7.16. The van der Waals surface area contributed by atoms with Crippen LogP contribution < -0.4 is 0 Å². The van der Waals surface area contributed by atoms with Gasteiger partial charge in [-0.05, 0) is 44.5 Å². The van der Waals surface area contributed by atoms with E-state index in [0.717, 1.165) is 23.7 Å². The monoisotopic (exact) mass is 302 g/mol. The van der Waals surface area contributed by atoms with Gasteiger partial charge in [0.1, 0.15) is 9.88 Å². The van der Waals surface area contributed by atoms with Crippen LogP contribution in [0.15, 0.2) is 30.5 Å². The van der Waals surface area contributed by atoms with E-state index in [9.17, 15) is 4.79 Å². The van der Waals surface area contributed by atoms with Crippen LogP contribution in [0.3, 0.4) is 0 Å². The molecule has 1 aliphatic heterocycles. The zero-order chi connectivity index (χ0) is 14.8. The zero-order valence-corrected chi connectivity index (χ0v) is 12.8. The number of likely N-dealkylation sites (tertiary alicyclic amines) is 1. The lowest BCUT2D eigenvalue weighted by Crippen LogP contribution is -2.23. The van der Waals surface area contributed by atoms with Gasteiger partial charge in [0.2, 0.25) is 0 Å². The topological polar surface area (TPSA) is 53.4 Å². The Bertz CT molecular complexity index is 647. The molecule has 4 nitrogen and oxygen atoms in total. The summed E-state index contributed by atoms with van der Waals surface area (Å²) >= 11 is 1.22. The van der Waals surface area contributed by atoms with E-state index in [-0.39, 0.29) is 4.88 Å². The molecule has 1 fully saturated rings. The highest BCUT2D eigenvalue weighted by Gasteiger charge is 2.20. The molecule has 0 radical (unpaired) electrons. The van der Waals surface area contributed by atoms with Crippen LogP contribution in [0, 0.1) is 0 Å². The Balaban J connectivity index is 1.86. The summed E-state index contributed by atoms with van der Waals surface area (Å²) < 4.78 is 0. The first-order valence-electron chi connectivity index (χ1n) is 7.18. The predicted molar refractivity (Wildman–Crippen MR) is 83.7 cm³/mol. The minimum atomic E-state index is -0.916. The van der Waals surface area contributed by atoms with Crippen molar-refractivity contribution in [3.05, 3.63) is 40.9 Å². The maximum absolute atomic E-state index is 11.0. The normalized spacial score (nSPS) is 17.0. The van der Waals surface area contributed by atoms with Crippen molar-refractivity contribution in [2.24, 2.45) is 0 Å². The number of carbonyl (C=O) groups is 1. The molecule has 3 rings (SSSR count). The van der Waals surface area contributed by atoms with Crippen LogP contribution in [-0.4, -0.2) is 34.0 Å². The second-order valence-corrected chi connectivity index (χ2v) is 6.41. The van der Waals surface area contributed by atoms with Crippen molar-refractivity contribution in [3.8, 4) is 10.6 Å². The van der Waals surface area contributed by atoms with Gasteiger partial charge in [-0.3, -0.25) is 4.90 Å².